The van der Waals surface area contributed by atoms with Gasteiger partial charge in [-0.2, -0.15) is 0 Å². The van der Waals surface area contributed by atoms with E-state index in [1.807, 2.05) is 24.3 Å². The van der Waals surface area contributed by atoms with Crippen molar-refractivity contribution in [2.45, 2.75) is 6.42 Å². The van der Waals surface area contributed by atoms with E-state index in [4.69, 9.17) is 4.74 Å². The summed E-state index contributed by atoms with van der Waals surface area (Å²) < 4.78 is 32.5. The van der Waals surface area contributed by atoms with Crippen LogP contribution >= 0.6 is 15.9 Å². The Morgan fingerprint density at radius 1 is 0.952 bits per heavy atom. The fourth-order valence-electron chi connectivity index (χ4n) is 1.88. The first kappa shape index (κ1) is 15.9. The van der Waals surface area contributed by atoms with Gasteiger partial charge >= 0.3 is 0 Å². The number of ether oxygens (including phenoxy) is 1. The van der Waals surface area contributed by atoms with Gasteiger partial charge in [-0.05, 0) is 54.9 Å². The second kappa shape index (κ2) is 8.10. The zero-order valence-electron chi connectivity index (χ0n) is 11.4. The molecule has 0 radical (unpaired) electrons. The predicted molar refractivity (Wildman–Crippen MR) is 82.6 cm³/mol. The van der Waals surface area contributed by atoms with Crippen LogP contribution in [0.15, 0.2) is 46.9 Å². The Morgan fingerprint density at radius 2 is 1.62 bits per heavy atom. The molecule has 2 nitrogen and oxygen atoms in total. The molecule has 2 aromatic rings. The van der Waals surface area contributed by atoms with Crippen LogP contribution in [0.25, 0.3) is 0 Å². The van der Waals surface area contributed by atoms with Crippen LogP contribution < -0.4 is 10.1 Å². The first-order valence-corrected chi connectivity index (χ1v) is 7.47. The van der Waals surface area contributed by atoms with Crippen LogP contribution in [0.3, 0.4) is 0 Å². The molecule has 0 spiro atoms. The molecule has 2 rings (SSSR count). The SMILES string of the molecule is Fc1cc(F)cc(CCNCCOc2ccc(Br)cc2)c1. The van der Waals surface area contributed by atoms with Crippen LogP contribution in [0.2, 0.25) is 0 Å². The van der Waals surface area contributed by atoms with Gasteiger partial charge < -0.3 is 10.1 Å². The number of benzene rings is 2. The van der Waals surface area contributed by atoms with Crippen molar-refractivity contribution >= 4 is 15.9 Å². The summed E-state index contributed by atoms with van der Waals surface area (Å²) in [5, 5.41) is 3.18. The summed E-state index contributed by atoms with van der Waals surface area (Å²) in [6, 6.07) is 11.2. The molecule has 0 fully saturated rings. The quantitative estimate of drug-likeness (QED) is 0.759. The van der Waals surface area contributed by atoms with Gasteiger partial charge in [0.1, 0.15) is 24.0 Å². The van der Waals surface area contributed by atoms with Gasteiger partial charge in [0.2, 0.25) is 0 Å². The van der Waals surface area contributed by atoms with E-state index in [2.05, 4.69) is 21.2 Å². The topological polar surface area (TPSA) is 21.3 Å². The normalized spacial score (nSPS) is 10.6. The largest absolute Gasteiger partial charge is 0.492 e. The van der Waals surface area contributed by atoms with E-state index in [-0.39, 0.29) is 0 Å². The van der Waals surface area contributed by atoms with Crippen molar-refractivity contribution in [2.24, 2.45) is 0 Å². The van der Waals surface area contributed by atoms with E-state index in [9.17, 15) is 8.78 Å². The van der Waals surface area contributed by atoms with Crippen molar-refractivity contribution in [3.8, 4) is 5.75 Å². The van der Waals surface area contributed by atoms with Crippen LogP contribution in [0.1, 0.15) is 5.56 Å². The molecule has 0 saturated carbocycles. The molecule has 0 heterocycles. The molecule has 0 bridgehead atoms. The number of rotatable bonds is 7. The molecule has 0 atom stereocenters. The Labute approximate surface area is 131 Å². The van der Waals surface area contributed by atoms with Gasteiger partial charge in [0.15, 0.2) is 0 Å². The maximum Gasteiger partial charge on any atom is 0.126 e. The van der Waals surface area contributed by atoms with Gasteiger partial charge in [-0.25, -0.2) is 8.78 Å². The zero-order chi connectivity index (χ0) is 15.1. The molecule has 112 valence electrons. The highest BCUT2D eigenvalue weighted by Gasteiger charge is 2.00. The van der Waals surface area contributed by atoms with E-state index in [1.165, 1.54) is 12.1 Å². The summed E-state index contributed by atoms with van der Waals surface area (Å²) in [7, 11) is 0. The predicted octanol–water partition coefficient (Wildman–Crippen LogP) is 3.94. The fraction of sp³-hybridized carbons (Fsp3) is 0.250. The highest BCUT2D eigenvalue weighted by atomic mass is 79.9. The summed E-state index contributed by atoms with van der Waals surface area (Å²) in [5.41, 5.74) is 0.647. The molecule has 0 aliphatic carbocycles. The molecule has 0 amide bonds. The van der Waals surface area contributed by atoms with Gasteiger partial charge in [-0.15, -0.1) is 0 Å². The lowest BCUT2D eigenvalue weighted by molar-refractivity contribution is 0.314. The van der Waals surface area contributed by atoms with E-state index in [1.54, 1.807) is 0 Å². The van der Waals surface area contributed by atoms with Crippen LogP contribution in [0.4, 0.5) is 8.78 Å². The summed E-state index contributed by atoms with van der Waals surface area (Å²) in [6.45, 7) is 1.86. The molecular weight excluding hydrogens is 340 g/mol. The van der Waals surface area contributed by atoms with Gasteiger partial charge in [0.05, 0.1) is 0 Å². The van der Waals surface area contributed by atoms with Crippen LogP contribution in [0.5, 0.6) is 5.75 Å². The molecule has 0 saturated heterocycles. The first-order valence-electron chi connectivity index (χ1n) is 6.67. The van der Waals surface area contributed by atoms with Crippen LogP contribution in [-0.4, -0.2) is 19.7 Å². The van der Waals surface area contributed by atoms with E-state index in [0.717, 1.165) is 16.3 Å². The molecule has 5 heteroatoms. The van der Waals surface area contributed by atoms with Crippen molar-refractivity contribution < 1.29 is 13.5 Å². The molecule has 2 aromatic carbocycles. The first-order chi connectivity index (χ1) is 10.1. The van der Waals surface area contributed by atoms with Crippen molar-refractivity contribution in [1.82, 2.24) is 5.32 Å². The van der Waals surface area contributed by atoms with Crippen molar-refractivity contribution in [3.63, 3.8) is 0 Å². The third-order valence-electron chi connectivity index (χ3n) is 2.87. The van der Waals surface area contributed by atoms with E-state index >= 15 is 0 Å². The summed E-state index contributed by atoms with van der Waals surface area (Å²) >= 11 is 3.36. The van der Waals surface area contributed by atoms with Crippen molar-refractivity contribution in [1.29, 1.82) is 0 Å². The maximum atomic E-state index is 13.0. The highest BCUT2D eigenvalue weighted by Crippen LogP contribution is 2.15. The smallest absolute Gasteiger partial charge is 0.126 e. The summed E-state index contributed by atoms with van der Waals surface area (Å²) in [4.78, 5) is 0. The average molecular weight is 356 g/mol. The standard InChI is InChI=1S/C16H16BrF2NO/c17-13-1-3-16(4-2-13)21-8-7-20-6-5-12-9-14(18)11-15(19)10-12/h1-4,9-11,20H,5-8H2. The molecule has 0 unspecified atom stereocenters. The molecular formula is C16H16BrF2NO. The van der Waals surface area contributed by atoms with Gasteiger partial charge in [-0.1, -0.05) is 15.9 Å². The third kappa shape index (κ3) is 5.81. The Hall–Kier alpha value is -1.46. The zero-order valence-corrected chi connectivity index (χ0v) is 13.0. The minimum absolute atomic E-state index is 0.538. The Balaban J connectivity index is 1.62. The molecule has 1 N–H and O–H groups in total. The second-order valence-corrected chi connectivity index (χ2v) is 5.50. The molecule has 0 aliphatic rings. The maximum absolute atomic E-state index is 13.0. The molecule has 21 heavy (non-hydrogen) atoms. The fourth-order valence-corrected chi connectivity index (χ4v) is 2.15. The van der Waals surface area contributed by atoms with Gasteiger partial charge in [0, 0.05) is 17.1 Å². The summed E-state index contributed by atoms with van der Waals surface area (Å²) in [5.74, 6) is -0.264. The Bertz CT molecular complexity index is 555. The Kier molecular flexibility index (Phi) is 6.14. The summed E-state index contributed by atoms with van der Waals surface area (Å²) in [6.07, 6.45) is 0.576. The number of hydrogen-bond acceptors (Lipinski definition) is 2. The van der Waals surface area contributed by atoms with E-state index in [0.29, 0.717) is 31.7 Å². The lowest BCUT2D eigenvalue weighted by Crippen LogP contribution is -2.23. The Morgan fingerprint density at radius 3 is 2.29 bits per heavy atom. The average Bonchev–Trinajstić information content (AvgIpc) is 2.43. The monoisotopic (exact) mass is 355 g/mol. The van der Waals surface area contributed by atoms with Gasteiger partial charge in [-0.3, -0.25) is 0 Å². The van der Waals surface area contributed by atoms with Crippen molar-refractivity contribution in [2.75, 3.05) is 19.7 Å². The number of hydrogen-bond donors (Lipinski definition) is 1. The molecule has 0 aromatic heterocycles. The minimum Gasteiger partial charge on any atom is -0.492 e. The highest BCUT2D eigenvalue weighted by molar-refractivity contribution is 9.10. The minimum atomic E-state index is -0.538. The number of halogens is 3. The van der Waals surface area contributed by atoms with Gasteiger partial charge in [0.25, 0.3) is 0 Å². The lowest BCUT2D eigenvalue weighted by Gasteiger charge is -2.08. The molecule has 0 aliphatic heterocycles. The third-order valence-corrected chi connectivity index (χ3v) is 3.40. The van der Waals surface area contributed by atoms with Crippen LogP contribution in [0, 0.1) is 11.6 Å². The van der Waals surface area contributed by atoms with Crippen LogP contribution in [-0.2, 0) is 6.42 Å². The van der Waals surface area contributed by atoms with Crippen molar-refractivity contribution in [3.05, 3.63) is 64.1 Å². The van der Waals surface area contributed by atoms with E-state index < -0.39 is 11.6 Å². The second-order valence-electron chi connectivity index (χ2n) is 4.58. The lowest BCUT2D eigenvalue weighted by atomic mass is 10.1. The number of nitrogens with one attached hydrogen (secondary N) is 1.